The lowest BCUT2D eigenvalue weighted by Crippen LogP contribution is -2.15. The molecule has 1 heterocycles. The second-order valence-corrected chi connectivity index (χ2v) is 6.44. The molecule has 6 heteroatoms. The summed E-state index contributed by atoms with van der Waals surface area (Å²) in [4.78, 5) is 13.6. The highest BCUT2D eigenvalue weighted by Gasteiger charge is 2.14. The minimum atomic E-state index is -0.418. The Bertz CT molecular complexity index is 928. The Hall–Kier alpha value is -3.25. The maximum Gasteiger partial charge on any atom is 0.232 e. The van der Waals surface area contributed by atoms with Crippen molar-refractivity contribution in [3.05, 3.63) is 72.4 Å². The van der Waals surface area contributed by atoms with E-state index in [4.69, 9.17) is 0 Å². The molecule has 1 aliphatic rings. The summed E-state index contributed by atoms with van der Waals surface area (Å²) in [6, 6.07) is 19.6. The van der Waals surface area contributed by atoms with E-state index in [0.29, 0.717) is 17.7 Å². The van der Waals surface area contributed by atoms with Crippen molar-refractivity contribution in [1.29, 1.82) is 0 Å². The van der Waals surface area contributed by atoms with Crippen molar-refractivity contribution in [3.63, 3.8) is 0 Å². The van der Waals surface area contributed by atoms with Gasteiger partial charge in [0.1, 0.15) is 0 Å². The van der Waals surface area contributed by atoms with E-state index >= 15 is 0 Å². The number of aromatic nitrogens is 3. The molecule has 0 fully saturated rings. The maximum atomic E-state index is 9.86. The maximum absolute atomic E-state index is 9.86. The van der Waals surface area contributed by atoms with Gasteiger partial charge in [-0.3, -0.25) is 0 Å². The third kappa shape index (κ3) is 4.48. The monoisotopic (exact) mass is 359 g/mol. The van der Waals surface area contributed by atoms with Gasteiger partial charge < -0.3 is 15.7 Å². The average Bonchev–Trinajstić information content (AvgIpc) is 2.69. The lowest BCUT2D eigenvalue weighted by atomic mass is 10.0. The Balaban J connectivity index is 1.68. The summed E-state index contributed by atoms with van der Waals surface area (Å²) in [5, 5.41) is 16.3. The molecule has 1 aromatic heterocycles. The minimum absolute atomic E-state index is 0.418. The lowest BCUT2D eigenvalue weighted by Gasteiger charge is -2.18. The van der Waals surface area contributed by atoms with Gasteiger partial charge in [-0.05, 0) is 37.5 Å². The van der Waals surface area contributed by atoms with Crippen LogP contribution in [0.15, 0.2) is 72.4 Å². The van der Waals surface area contributed by atoms with E-state index < -0.39 is 6.10 Å². The second-order valence-electron chi connectivity index (χ2n) is 6.44. The highest BCUT2D eigenvalue weighted by molar-refractivity contribution is 5.61. The van der Waals surface area contributed by atoms with Crippen molar-refractivity contribution < 1.29 is 5.11 Å². The van der Waals surface area contributed by atoms with Gasteiger partial charge in [-0.25, -0.2) is 0 Å². The van der Waals surface area contributed by atoms with E-state index in [0.717, 1.165) is 36.2 Å². The van der Waals surface area contributed by atoms with Crippen LogP contribution in [0.5, 0.6) is 0 Å². The Morgan fingerprint density at radius 2 is 1.48 bits per heavy atom. The molecular formula is C21H21N5O. The molecule has 27 heavy (non-hydrogen) atoms. The first-order valence-corrected chi connectivity index (χ1v) is 9.06. The van der Waals surface area contributed by atoms with Crippen molar-refractivity contribution in [2.75, 3.05) is 10.6 Å². The molecule has 0 spiro atoms. The van der Waals surface area contributed by atoms with Gasteiger partial charge in [0, 0.05) is 16.9 Å². The first kappa shape index (κ1) is 17.2. The molecule has 3 N–H and O–H groups in total. The summed E-state index contributed by atoms with van der Waals surface area (Å²) in [6.45, 7) is 0. The molecule has 2 aromatic carbocycles. The molecule has 3 aromatic rings. The summed E-state index contributed by atoms with van der Waals surface area (Å²) in [6.07, 6.45) is 4.01. The van der Waals surface area contributed by atoms with Crippen LogP contribution in [0.25, 0.3) is 11.4 Å². The molecule has 4 rings (SSSR count). The van der Waals surface area contributed by atoms with Gasteiger partial charge >= 0.3 is 0 Å². The van der Waals surface area contributed by atoms with Crippen LogP contribution in [0, 0.1) is 0 Å². The summed E-state index contributed by atoms with van der Waals surface area (Å²) in [5.74, 6) is 1.51. The van der Waals surface area contributed by atoms with Crippen LogP contribution < -0.4 is 10.6 Å². The number of anilines is 3. The average molecular weight is 359 g/mol. The highest BCUT2D eigenvalue weighted by atomic mass is 16.3. The normalized spacial score (nSPS) is 16.5. The fraction of sp³-hybridized carbons (Fsp3) is 0.190. The summed E-state index contributed by atoms with van der Waals surface area (Å²) >= 11 is 0. The minimum Gasteiger partial charge on any atom is -0.389 e. The highest BCUT2D eigenvalue weighted by Crippen LogP contribution is 2.23. The second kappa shape index (κ2) is 7.97. The lowest BCUT2D eigenvalue weighted by molar-refractivity contribution is 0.202. The Morgan fingerprint density at radius 1 is 0.815 bits per heavy atom. The number of para-hydroxylation sites is 1. The number of aliphatic hydroxyl groups is 1. The van der Waals surface area contributed by atoms with Crippen molar-refractivity contribution in [2.45, 2.75) is 25.4 Å². The number of rotatable bonds is 5. The van der Waals surface area contributed by atoms with E-state index in [1.807, 2.05) is 66.7 Å². The van der Waals surface area contributed by atoms with E-state index in [2.05, 4.69) is 25.6 Å². The van der Waals surface area contributed by atoms with Crippen LogP contribution in [0.2, 0.25) is 0 Å². The van der Waals surface area contributed by atoms with Gasteiger partial charge in [0.05, 0.1) is 6.10 Å². The van der Waals surface area contributed by atoms with Crippen molar-refractivity contribution in [1.82, 2.24) is 15.0 Å². The number of benzene rings is 2. The zero-order valence-electron chi connectivity index (χ0n) is 14.8. The predicted octanol–water partition coefficient (Wildman–Crippen LogP) is 4.12. The third-order valence-electron chi connectivity index (χ3n) is 4.31. The summed E-state index contributed by atoms with van der Waals surface area (Å²) < 4.78 is 0. The molecule has 0 saturated heterocycles. The summed E-state index contributed by atoms with van der Waals surface area (Å²) in [7, 11) is 0. The molecule has 0 saturated carbocycles. The standard InChI is InChI=1S/C21H21N5O/c27-18-13-7-12-17(14-18)23-21-25-19(15-8-3-1-4-9-15)24-20(26-21)22-16-10-5-2-6-11-16/h1-6,8-11,14,18,27H,7,12-13H2,(H2,22,23,24,25,26). The van der Waals surface area contributed by atoms with Crippen LogP contribution in [0.4, 0.5) is 17.6 Å². The molecular weight excluding hydrogens is 338 g/mol. The van der Waals surface area contributed by atoms with Gasteiger partial charge in [0.15, 0.2) is 5.82 Å². The van der Waals surface area contributed by atoms with Gasteiger partial charge in [0.2, 0.25) is 11.9 Å². The van der Waals surface area contributed by atoms with Crippen LogP contribution in [-0.2, 0) is 0 Å². The van der Waals surface area contributed by atoms with Gasteiger partial charge in [-0.1, -0.05) is 48.5 Å². The van der Waals surface area contributed by atoms with E-state index in [-0.39, 0.29) is 0 Å². The number of allylic oxidation sites excluding steroid dienone is 1. The van der Waals surface area contributed by atoms with Crippen LogP contribution >= 0.6 is 0 Å². The zero-order valence-corrected chi connectivity index (χ0v) is 14.8. The third-order valence-corrected chi connectivity index (χ3v) is 4.31. The van der Waals surface area contributed by atoms with Crippen LogP contribution in [0.3, 0.4) is 0 Å². The molecule has 1 unspecified atom stereocenters. The van der Waals surface area contributed by atoms with Crippen molar-refractivity contribution in [3.8, 4) is 11.4 Å². The molecule has 136 valence electrons. The molecule has 6 nitrogen and oxygen atoms in total. The smallest absolute Gasteiger partial charge is 0.232 e. The SMILES string of the molecule is OC1C=C(Nc2nc(Nc3ccccc3)nc(-c3ccccc3)n2)CCC1. The number of nitrogens with one attached hydrogen (secondary N) is 2. The quantitative estimate of drug-likeness (QED) is 0.635. The molecule has 1 aliphatic carbocycles. The Kier molecular flexibility index (Phi) is 5.07. The van der Waals surface area contributed by atoms with E-state index in [9.17, 15) is 5.11 Å². The summed E-state index contributed by atoms with van der Waals surface area (Å²) in [5.41, 5.74) is 2.75. The van der Waals surface area contributed by atoms with Crippen molar-refractivity contribution in [2.24, 2.45) is 0 Å². The fourth-order valence-electron chi connectivity index (χ4n) is 3.00. The molecule has 0 bridgehead atoms. The first-order valence-electron chi connectivity index (χ1n) is 9.06. The number of aliphatic hydroxyl groups excluding tert-OH is 1. The van der Waals surface area contributed by atoms with Crippen molar-refractivity contribution >= 4 is 17.6 Å². The van der Waals surface area contributed by atoms with Crippen LogP contribution in [-0.4, -0.2) is 26.2 Å². The van der Waals surface area contributed by atoms with E-state index in [1.54, 1.807) is 0 Å². The largest absolute Gasteiger partial charge is 0.389 e. The van der Waals surface area contributed by atoms with Gasteiger partial charge in [-0.2, -0.15) is 15.0 Å². The Labute approximate surface area is 158 Å². The fourth-order valence-corrected chi connectivity index (χ4v) is 3.00. The number of hydrogen-bond acceptors (Lipinski definition) is 6. The molecule has 0 amide bonds. The number of hydrogen-bond donors (Lipinski definition) is 3. The zero-order chi connectivity index (χ0) is 18.5. The Morgan fingerprint density at radius 3 is 2.19 bits per heavy atom. The van der Waals surface area contributed by atoms with Gasteiger partial charge in [-0.15, -0.1) is 0 Å². The molecule has 0 aliphatic heterocycles. The van der Waals surface area contributed by atoms with E-state index in [1.165, 1.54) is 0 Å². The first-order chi connectivity index (χ1) is 13.3. The molecule has 1 atom stereocenters. The topological polar surface area (TPSA) is 83.0 Å². The molecule has 0 radical (unpaired) electrons. The van der Waals surface area contributed by atoms with Gasteiger partial charge in [0.25, 0.3) is 0 Å². The number of nitrogens with zero attached hydrogens (tertiary/aromatic N) is 3. The van der Waals surface area contributed by atoms with Crippen LogP contribution in [0.1, 0.15) is 19.3 Å². The predicted molar refractivity (Wildman–Crippen MR) is 107 cm³/mol.